The van der Waals surface area contributed by atoms with Crippen LogP contribution in [-0.2, 0) is 25.7 Å². The van der Waals surface area contributed by atoms with Crippen LogP contribution in [-0.4, -0.2) is 62.6 Å². The molecule has 2 aliphatic rings. The van der Waals surface area contributed by atoms with Crippen molar-refractivity contribution in [3.05, 3.63) is 70.2 Å². The number of nitrogens with zero attached hydrogens (tertiary/aromatic N) is 3. The molecule has 5 rings (SSSR count). The van der Waals surface area contributed by atoms with Gasteiger partial charge < -0.3 is 24.8 Å². The minimum absolute atomic E-state index is 0.0231. The van der Waals surface area contributed by atoms with Gasteiger partial charge in [0.2, 0.25) is 5.91 Å². The molecule has 3 aromatic rings. The lowest BCUT2D eigenvalue weighted by Gasteiger charge is -2.41. The van der Waals surface area contributed by atoms with Crippen molar-refractivity contribution in [2.75, 3.05) is 17.6 Å². The highest BCUT2D eigenvalue weighted by Gasteiger charge is 2.47. The molecule has 2 N–H and O–H groups in total. The van der Waals surface area contributed by atoms with E-state index in [0.29, 0.717) is 28.3 Å². The van der Waals surface area contributed by atoms with E-state index < -0.39 is 30.3 Å². The number of nitrogens with one attached hydrogen (secondary N) is 1. The van der Waals surface area contributed by atoms with Gasteiger partial charge in [-0.15, -0.1) is 10.2 Å². The fourth-order valence-corrected chi connectivity index (χ4v) is 7.20. The Morgan fingerprint density at radius 2 is 1.79 bits per heavy atom. The number of hydrogen-bond acceptors (Lipinski definition) is 9. The maximum absolute atomic E-state index is 13.0. The third-order valence-electron chi connectivity index (χ3n) is 7.51. The number of ether oxygens (including phenoxy) is 2. The van der Waals surface area contributed by atoms with Crippen LogP contribution >= 0.6 is 23.1 Å². The summed E-state index contributed by atoms with van der Waals surface area (Å²) in [6, 6.07) is 13.1. The Bertz CT molecular complexity index is 1420. The van der Waals surface area contributed by atoms with Crippen molar-refractivity contribution in [2.24, 2.45) is 5.92 Å². The number of hydrogen-bond donors (Lipinski definition) is 2. The molecular formula is C29H31F3N4O5S2. The normalized spacial score (nSPS) is 24.2. The SMILES string of the molecule is Cc1nnc(SC[C@H]2O[C@@H](c3ccc(NC(=O)[C@@H]4CCCN4C(=O)C(F)(F)F)cc3)O[C@@H](c3ccc(CO)cc3)[C@H]2C)s1. The second-order valence-electron chi connectivity index (χ2n) is 10.5. The highest BCUT2D eigenvalue weighted by atomic mass is 32.2. The first kappa shape index (κ1) is 31.4. The first-order valence-electron chi connectivity index (χ1n) is 13.8. The van der Waals surface area contributed by atoms with Crippen LogP contribution in [0.25, 0.3) is 0 Å². The number of alkyl halides is 3. The smallest absolute Gasteiger partial charge is 0.392 e. The molecule has 0 radical (unpaired) electrons. The van der Waals surface area contributed by atoms with E-state index in [2.05, 4.69) is 22.4 Å². The van der Waals surface area contributed by atoms with Gasteiger partial charge >= 0.3 is 12.1 Å². The lowest BCUT2D eigenvalue weighted by Crippen LogP contribution is -2.48. The Morgan fingerprint density at radius 3 is 2.42 bits per heavy atom. The van der Waals surface area contributed by atoms with Gasteiger partial charge in [0.05, 0.1) is 18.8 Å². The summed E-state index contributed by atoms with van der Waals surface area (Å²) in [5, 5.41) is 21.2. The molecule has 2 aliphatic heterocycles. The van der Waals surface area contributed by atoms with Crippen LogP contribution in [0.1, 0.15) is 53.9 Å². The molecule has 3 heterocycles. The molecule has 2 amide bonds. The number of thioether (sulfide) groups is 1. The number of aromatic nitrogens is 2. The van der Waals surface area contributed by atoms with Gasteiger partial charge in [0.25, 0.3) is 0 Å². The number of rotatable bonds is 8. The monoisotopic (exact) mass is 636 g/mol. The third kappa shape index (κ3) is 7.37. The average molecular weight is 637 g/mol. The van der Waals surface area contributed by atoms with Gasteiger partial charge in [0, 0.05) is 29.5 Å². The quantitative estimate of drug-likeness (QED) is 0.316. The fourth-order valence-electron chi connectivity index (χ4n) is 5.19. The minimum atomic E-state index is -5.03. The van der Waals surface area contributed by atoms with Crippen LogP contribution in [0.2, 0.25) is 0 Å². The average Bonchev–Trinajstić information content (AvgIpc) is 3.65. The number of aliphatic hydroxyl groups excluding tert-OH is 1. The number of anilines is 1. The Balaban J connectivity index is 1.30. The zero-order valence-corrected chi connectivity index (χ0v) is 25.0. The fraction of sp³-hybridized carbons (Fsp3) is 0.448. The van der Waals surface area contributed by atoms with E-state index in [1.165, 1.54) is 11.3 Å². The molecular weight excluding hydrogens is 605 g/mol. The molecule has 9 nitrogen and oxygen atoms in total. The summed E-state index contributed by atoms with van der Waals surface area (Å²) in [6.45, 7) is 3.78. The number of likely N-dealkylation sites (tertiary alicyclic amines) is 1. The number of aryl methyl sites for hydroxylation is 1. The molecule has 14 heteroatoms. The second kappa shape index (κ2) is 13.3. The van der Waals surface area contributed by atoms with Crippen molar-refractivity contribution < 1.29 is 37.3 Å². The summed E-state index contributed by atoms with van der Waals surface area (Å²) >= 11 is 3.07. The van der Waals surface area contributed by atoms with Crippen molar-refractivity contribution in [3.63, 3.8) is 0 Å². The molecule has 5 atom stereocenters. The molecule has 0 spiro atoms. The summed E-state index contributed by atoms with van der Waals surface area (Å²) in [6.07, 6.45) is -5.82. The number of amides is 2. The molecule has 0 saturated carbocycles. The van der Waals surface area contributed by atoms with E-state index in [1.54, 1.807) is 36.0 Å². The Labute approximate surface area is 254 Å². The van der Waals surface area contributed by atoms with Gasteiger partial charge in [-0.2, -0.15) is 13.2 Å². The lowest BCUT2D eigenvalue weighted by molar-refractivity contribution is -0.268. The molecule has 1 aromatic heterocycles. The molecule has 2 fully saturated rings. The van der Waals surface area contributed by atoms with Gasteiger partial charge in [0.1, 0.15) is 11.0 Å². The zero-order valence-electron chi connectivity index (χ0n) is 23.4. The van der Waals surface area contributed by atoms with Crippen LogP contribution in [0.15, 0.2) is 52.9 Å². The Hall–Kier alpha value is -3.04. The minimum Gasteiger partial charge on any atom is -0.392 e. The van der Waals surface area contributed by atoms with Crippen LogP contribution in [0.5, 0.6) is 0 Å². The van der Waals surface area contributed by atoms with E-state index in [-0.39, 0.29) is 37.7 Å². The van der Waals surface area contributed by atoms with Crippen molar-refractivity contribution in [3.8, 4) is 0 Å². The molecule has 43 heavy (non-hydrogen) atoms. The molecule has 2 saturated heterocycles. The van der Waals surface area contributed by atoms with Crippen molar-refractivity contribution >= 4 is 40.6 Å². The highest BCUT2D eigenvalue weighted by molar-refractivity contribution is 8.01. The van der Waals surface area contributed by atoms with Gasteiger partial charge in [0.15, 0.2) is 10.6 Å². The van der Waals surface area contributed by atoms with E-state index in [1.807, 2.05) is 31.2 Å². The lowest BCUT2D eigenvalue weighted by atomic mass is 9.91. The van der Waals surface area contributed by atoms with E-state index in [0.717, 1.165) is 20.5 Å². The number of aliphatic hydroxyl groups is 1. The van der Waals surface area contributed by atoms with Gasteiger partial charge in [-0.25, -0.2) is 0 Å². The number of carbonyl (C=O) groups excluding carboxylic acids is 2. The first-order chi connectivity index (χ1) is 20.5. The summed E-state index contributed by atoms with van der Waals surface area (Å²) in [5.74, 6) is -2.08. The molecule has 0 aliphatic carbocycles. The number of carbonyl (C=O) groups is 2. The van der Waals surface area contributed by atoms with Crippen LogP contribution in [0, 0.1) is 12.8 Å². The van der Waals surface area contributed by atoms with E-state index in [4.69, 9.17) is 9.47 Å². The predicted octanol–water partition coefficient (Wildman–Crippen LogP) is 5.41. The maximum atomic E-state index is 13.0. The number of halogens is 3. The van der Waals surface area contributed by atoms with Crippen LogP contribution in [0.3, 0.4) is 0 Å². The van der Waals surface area contributed by atoms with Crippen molar-refractivity contribution in [1.29, 1.82) is 0 Å². The van der Waals surface area contributed by atoms with Crippen LogP contribution in [0.4, 0.5) is 18.9 Å². The topological polar surface area (TPSA) is 114 Å². The largest absolute Gasteiger partial charge is 0.471 e. The third-order valence-corrected chi connectivity index (χ3v) is 9.57. The summed E-state index contributed by atoms with van der Waals surface area (Å²) in [4.78, 5) is 25.2. The van der Waals surface area contributed by atoms with Crippen LogP contribution < -0.4 is 5.32 Å². The Morgan fingerprint density at radius 1 is 1.09 bits per heavy atom. The van der Waals surface area contributed by atoms with Gasteiger partial charge in [-0.1, -0.05) is 66.4 Å². The highest BCUT2D eigenvalue weighted by Crippen LogP contribution is 2.43. The van der Waals surface area contributed by atoms with Gasteiger partial charge in [-0.05, 0) is 43.0 Å². The molecule has 230 valence electrons. The summed E-state index contributed by atoms with van der Waals surface area (Å²) in [7, 11) is 0. The van der Waals surface area contributed by atoms with Gasteiger partial charge in [-0.3, -0.25) is 9.59 Å². The second-order valence-corrected chi connectivity index (χ2v) is 12.9. The molecule has 0 unspecified atom stereocenters. The predicted molar refractivity (Wildman–Crippen MR) is 154 cm³/mol. The Kier molecular flexibility index (Phi) is 9.71. The summed E-state index contributed by atoms with van der Waals surface area (Å²) in [5.41, 5.74) is 2.80. The summed E-state index contributed by atoms with van der Waals surface area (Å²) < 4.78 is 52.7. The van der Waals surface area contributed by atoms with E-state index in [9.17, 15) is 27.9 Å². The molecule has 0 bridgehead atoms. The zero-order chi connectivity index (χ0) is 30.7. The molecule has 2 aromatic carbocycles. The standard InChI is InChI=1S/C29H31F3N4O5S2/c1-16-23(15-42-28-35-34-17(2)43-28)40-26(41-24(16)19-7-5-18(14-37)6-8-19)20-9-11-21(12-10-20)33-25(38)22-4-3-13-36(22)27(39)29(30,31)32/h5-12,16,22-24,26,37H,3-4,13-15H2,1-2H3,(H,33,38)/t16-,22-,23+,24+,26+/m0/s1. The van der Waals surface area contributed by atoms with Crippen molar-refractivity contribution in [1.82, 2.24) is 15.1 Å². The first-order valence-corrected chi connectivity index (χ1v) is 15.6. The maximum Gasteiger partial charge on any atom is 0.471 e. The van der Waals surface area contributed by atoms with Crippen molar-refractivity contribution in [2.45, 2.75) is 68.4 Å². The van der Waals surface area contributed by atoms with E-state index >= 15 is 0 Å². The number of benzene rings is 2.